The van der Waals surface area contributed by atoms with E-state index in [0.29, 0.717) is 50.4 Å². The molecule has 2 aliphatic rings. The number of imidazole rings is 1. The van der Waals surface area contributed by atoms with Crippen molar-refractivity contribution in [3.05, 3.63) is 17.7 Å². The number of aromatic amines is 1. The second-order valence-corrected chi connectivity index (χ2v) is 8.03. The summed E-state index contributed by atoms with van der Waals surface area (Å²) in [6, 6.07) is -0.281. The molecule has 0 atom stereocenters. The highest BCUT2D eigenvalue weighted by Crippen LogP contribution is 2.38. The van der Waals surface area contributed by atoms with E-state index in [2.05, 4.69) is 9.97 Å². The number of likely N-dealkylation sites (tertiary alicyclic amines) is 1. The third-order valence-electron chi connectivity index (χ3n) is 5.52. The van der Waals surface area contributed by atoms with E-state index in [1.165, 1.54) is 11.1 Å². The monoisotopic (exact) mass is 391 g/mol. The molecule has 1 aromatic rings. The number of H-pyrrole nitrogens is 1. The number of nitrogens with one attached hydrogen (secondary N) is 1. The molecule has 1 spiro atoms. The molecular weight excluding hydrogens is 362 g/mol. The van der Waals surface area contributed by atoms with Crippen LogP contribution < -0.4 is 0 Å². The van der Waals surface area contributed by atoms with Crippen molar-refractivity contribution in [2.75, 3.05) is 32.8 Å². The number of hydrogen-bond acceptors (Lipinski definition) is 5. The lowest BCUT2D eigenvalue weighted by Crippen LogP contribution is -2.58. The zero-order valence-corrected chi connectivity index (χ0v) is 16.8. The molecule has 3 rings (SSSR count). The van der Waals surface area contributed by atoms with Gasteiger partial charge in [0, 0.05) is 32.8 Å². The zero-order chi connectivity index (χ0) is 20.5. The molecule has 28 heavy (non-hydrogen) atoms. The predicted molar refractivity (Wildman–Crippen MR) is 102 cm³/mol. The van der Waals surface area contributed by atoms with Crippen molar-refractivity contribution < 1.29 is 19.5 Å². The number of aliphatic hydroxyl groups is 1. The normalized spacial score (nSPS) is 19.4. The van der Waals surface area contributed by atoms with Gasteiger partial charge in [-0.15, -0.1) is 0 Å². The van der Waals surface area contributed by atoms with Gasteiger partial charge in [-0.1, -0.05) is 13.8 Å². The van der Waals surface area contributed by atoms with Crippen LogP contribution in [0.1, 0.15) is 49.4 Å². The van der Waals surface area contributed by atoms with E-state index in [-0.39, 0.29) is 36.9 Å². The summed E-state index contributed by atoms with van der Waals surface area (Å²) in [5.41, 5.74) is -0.455. The molecule has 1 aromatic heterocycles. The van der Waals surface area contributed by atoms with Gasteiger partial charge in [0.25, 0.3) is 11.8 Å². The first-order valence-corrected chi connectivity index (χ1v) is 9.85. The quantitative estimate of drug-likeness (QED) is 0.703. The van der Waals surface area contributed by atoms with Crippen LogP contribution in [0.25, 0.3) is 0 Å². The molecule has 2 aliphatic heterocycles. The molecular formula is C19H29N5O4. The van der Waals surface area contributed by atoms with E-state index in [1.54, 1.807) is 16.7 Å². The number of hydrogen-bond donors (Lipinski definition) is 2. The Hall–Kier alpha value is -2.42. The van der Waals surface area contributed by atoms with E-state index in [1.807, 2.05) is 13.8 Å². The van der Waals surface area contributed by atoms with Crippen LogP contribution in [-0.2, 0) is 4.79 Å². The summed E-state index contributed by atoms with van der Waals surface area (Å²) in [7, 11) is 0. The van der Waals surface area contributed by atoms with E-state index in [9.17, 15) is 14.4 Å². The van der Waals surface area contributed by atoms with Gasteiger partial charge >= 0.3 is 6.03 Å². The third-order valence-corrected chi connectivity index (χ3v) is 5.52. The first-order valence-electron chi connectivity index (χ1n) is 9.85. The molecule has 2 saturated heterocycles. The maximum absolute atomic E-state index is 13.2. The second-order valence-electron chi connectivity index (χ2n) is 8.03. The SMILES string of the molecule is Cc1ncc(C(=O)N2CCC3(CC2)C(=O)N(CCCO)C(=O)N3CC(C)C)[nH]1. The smallest absolute Gasteiger partial charge is 0.327 e. The maximum Gasteiger partial charge on any atom is 0.327 e. The number of rotatable bonds is 6. The number of amides is 4. The van der Waals surface area contributed by atoms with Crippen LogP contribution in [0.3, 0.4) is 0 Å². The topological polar surface area (TPSA) is 110 Å². The van der Waals surface area contributed by atoms with Crippen molar-refractivity contribution in [3.63, 3.8) is 0 Å². The largest absolute Gasteiger partial charge is 0.396 e. The third kappa shape index (κ3) is 3.50. The summed E-state index contributed by atoms with van der Waals surface area (Å²) in [4.78, 5) is 50.5. The Morgan fingerprint density at radius 2 is 2.00 bits per heavy atom. The number of imide groups is 1. The summed E-state index contributed by atoms with van der Waals surface area (Å²) >= 11 is 0. The fourth-order valence-electron chi connectivity index (χ4n) is 4.09. The van der Waals surface area contributed by atoms with Crippen LogP contribution in [0, 0.1) is 12.8 Å². The molecule has 9 heteroatoms. The fourth-order valence-corrected chi connectivity index (χ4v) is 4.09. The number of carbonyl (C=O) groups is 3. The van der Waals surface area contributed by atoms with Crippen molar-refractivity contribution in [1.82, 2.24) is 24.7 Å². The van der Waals surface area contributed by atoms with Crippen LogP contribution in [0.2, 0.25) is 0 Å². The molecule has 0 bridgehead atoms. The molecule has 2 fully saturated rings. The molecule has 3 heterocycles. The van der Waals surface area contributed by atoms with Gasteiger partial charge in [-0.25, -0.2) is 9.78 Å². The average Bonchev–Trinajstić information content (AvgIpc) is 3.17. The molecule has 2 N–H and O–H groups in total. The highest BCUT2D eigenvalue weighted by molar-refractivity contribution is 6.07. The van der Waals surface area contributed by atoms with Crippen molar-refractivity contribution in [1.29, 1.82) is 0 Å². The van der Waals surface area contributed by atoms with Crippen molar-refractivity contribution in [2.45, 2.75) is 45.6 Å². The van der Waals surface area contributed by atoms with Gasteiger partial charge in [-0.3, -0.25) is 14.5 Å². The van der Waals surface area contributed by atoms with Gasteiger partial charge in [0.1, 0.15) is 17.1 Å². The maximum atomic E-state index is 13.2. The fraction of sp³-hybridized carbons (Fsp3) is 0.684. The van der Waals surface area contributed by atoms with Gasteiger partial charge in [0.05, 0.1) is 6.20 Å². The van der Waals surface area contributed by atoms with E-state index < -0.39 is 5.54 Å². The highest BCUT2D eigenvalue weighted by atomic mass is 16.3. The number of urea groups is 1. The summed E-state index contributed by atoms with van der Waals surface area (Å²) in [5.74, 6) is 0.561. The van der Waals surface area contributed by atoms with Crippen LogP contribution in [0.5, 0.6) is 0 Å². The summed E-state index contributed by atoms with van der Waals surface area (Å²) in [6.45, 7) is 7.27. The van der Waals surface area contributed by atoms with Gasteiger partial charge in [-0.2, -0.15) is 0 Å². The number of piperidine rings is 1. The summed E-state index contributed by atoms with van der Waals surface area (Å²) < 4.78 is 0. The average molecular weight is 391 g/mol. The lowest BCUT2D eigenvalue weighted by molar-refractivity contribution is -0.135. The van der Waals surface area contributed by atoms with Crippen LogP contribution in [0.15, 0.2) is 6.20 Å². The first-order chi connectivity index (χ1) is 13.3. The van der Waals surface area contributed by atoms with Crippen LogP contribution >= 0.6 is 0 Å². The number of aromatic nitrogens is 2. The number of aliphatic hydroxyl groups excluding tert-OH is 1. The Morgan fingerprint density at radius 3 is 2.54 bits per heavy atom. The Kier molecular flexibility index (Phi) is 5.74. The Bertz CT molecular complexity index is 751. The van der Waals surface area contributed by atoms with Gasteiger partial charge in [-0.05, 0) is 32.1 Å². The molecule has 154 valence electrons. The van der Waals surface area contributed by atoms with E-state index >= 15 is 0 Å². The summed E-state index contributed by atoms with van der Waals surface area (Å²) in [5, 5.41) is 9.10. The van der Waals surface area contributed by atoms with Crippen LogP contribution in [-0.4, -0.2) is 85.9 Å². The Balaban J connectivity index is 1.78. The number of aryl methyl sites for hydroxylation is 1. The van der Waals surface area contributed by atoms with E-state index in [4.69, 9.17) is 5.11 Å². The molecule has 0 unspecified atom stereocenters. The molecule has 0 saturated carbocycles. The zero-order valence-electron chi connectivity index (χ0n) is 16.8. The minimum atomic E-state index is -0.891. The van der Waals surface area contributed by atoms with Crippen molar-refractivity contribution >= 4 is 17.8 Å². The van der Waals surface area contributed by atoms with Gasteiger partial charge in [0.2, 0.25) is 0 Å². The second kappa shape index (κ2) is 7.90. The predicted octanol–water partition coefficient (Wildman–Crippen LogP) is 0.996. The lowest BCUT2D eigenvalue weighted by atomic mass is 9.85. The van der Waals surface area contributed by atoms with E-state index in [0.717, 1.165) is 0 Å². The van der Waals surface area contributed by atoms with Crippen molar-refractivity contribution in [2.24, 2.45) is 5.92 Å². The lowest BCUT2D eigenvalue weighted by Gasteiger charge is -2.42. The molecule has 9 nitrogen and oxygen atoms in total. The highest BCUT2D eigenvalue weighted by Gasteiger charge is 2.58. The Labute approximate surface area is 164 Å². The van der Waals surface area contributed by atoms with Crippen LogP contribution in [0.4, 0.5) is 4.79 Å². The molecule has 0 aliphatic carbocycles. The minimum absolute atomic E-state index is 0.0693. The van der Waals surface area contributed by atoms with Gasteiger partial charge in [0.15, 0.2) is 0 Å². The molecule has 0 radical (unpaired) electrons. The standard InChI is InChI=1S/C19H29N5O4/c1-13(2)12-24-18(28)23(7-4-10-25)17(27)19(24)5-8-22(9-6-19)16(26)15-11-20-14(3)21-15/h11,13,25H,4-10,12H2,1-3H3,(H,20,21). The minimum Gasteiger partial charge on any atom is -0.396 e. The Morgan fingerprint density at radius 1 is 1.32 bits per heavy atom. The van der Waals surface area contributed by atoms with Crippen molar-refractivity contribution in [3.8, 4) is 0 Å². The summed E-state index contributed by atoms with van der Waals surface area (Å²) in [6.07, 6.45) is 2.72. The first kappa shape index (κ1) is 20.3. The van der Waals surface area contributed by atoms with Gasteiger partial charge < -0.3 is 19.9 Å². The number of carbonyl (C=O) groups excluding carboxylic acids is 3. The number of nitrogens with zero attached hydrogens (tertiary/aromatic N) is 4. The molecule has 0 aromatic carbocycles. The molecule has 4 amide bonds.